The zero-order chi connectivity index (χ0) is 11.8. The first-order valence-electron chi connectivity index (χ1n) is 6.28. The standard InChI is InChI=1S/C13H19N3O/c1-9-5-11(17-2)6-13(15-9)16-4-3-10-7-14-8-12(10)16/h5-6,10,12,14H,3-4,7-8H2,1-2H3. The lowest BCUT2D eigenvalue weighted by Gasteiger charge is -2.25. The number of pyridine rings is 1. The normalized spacial score (nSPS) is 27.3. The van der Waals surface area contributed by atoms with Gasteiger partial charge >= 0.3 is 0 Å². The molecule has 17 heavy (non-hydrogen) atoms. The van der Waals surface area contributed by atoms with E-state index in [1.807, 2.05) is 19.1 Å². The Hall–Kier alpha value is -1.29. The van der Waals surface area contributed by atoms with Crippen LogP contribution in [0, 0.1) is 12.8 Å². The van der Waals surface area contributed by atoms with Crippen molar-refractivity contribution in [1.82, 2.24) is 10.3 Å². The molecule has 2 fully saturated rings. The fraction of sp³-hybridized carbons (Fsp3) is 0.615. The van der Waals surface area contributed by atoms with E-state index in [-0.39, 0.29) is 0 Å². The Morgan fingerprint density at radius 3 is 3.12 bits per heavy atom. The quantitative estimate of drug-likeness (QED) is 0.833. The van der Waals surface area contributed by atoms with Crippen LogP contribution in [0.2, 0.25) is 0 Å². The van der Waals surface area contributed by atoms with Gasteiger partial charge in [0.1, 0.15) is 11.6 Å². The molecule has 1 N–H and O–H groups in total. The zero-order valence-electron chi connectivity index (χ0n) is 10.4. The summed E-state index contributed by atoms with van der Waals surface area (Å²) < 4.78 is 5.32. The SMILES string of the molecule is COc1cc(C)nc(N2CCC3CNCC32)c1. The third kappa shape index (κ3) is 1.86. The Morgan fingerprint density at radius 2 is 2.29 bits per heavy atom. The van der Waals surface area contributed by atoms with Gasteiger partial charge in [-0.05, 0) is 19.3 Å². The van der Waals surface area contributed by atoms with Crippen LogP contribution in [0.3, 0.4) is 0 Å². The fourth-order valence-electron chi connectivity index (χ4n) is 3.02. The van der Waals surface area contributed by atoms with Crippen LogP contribution in [0.15, 0.2) is 12.1 Å². The van der Waals surface area contributed by atoms with Crippen molar-refractivity contribution in [3.05, 3.63) is 17.8 Å². The molecule has 0 spiro atoms. The number of nitrogens with zero attached hydrogens (tertiary/aromatic N) is 2. The Bertz CT molecular complexity index is 421. The first kappa shape index (κ1) is 10.8. The second-order valence-electron chi connectivity index (χ2n) is 4.97. The van der Waals surface area contributed by atoms with Crippen molar-refractivity contribution in [3.8, 4) is 5.75 Å². The molecule has 4 nitrogen and oxygen atoms in total. The highest BCUT2D eigenvalue weighted by molar-refractivity contribution is 5.48. The highest BCUT2D eigenvalue weighted by atomic mass is 16.5. The van der Waals surface area contributed by atoms with Crippen LogP contribution in [-0.2, 0) is 0 Å². The zero-order valence-corrected chi connectivity index (χ0v) is 10.4. The van der Waals surface area contributed by atoms with Crippen LogP contribution in [0.4, 0.5) is 5.82 Å². The van der Waals surface area contributed by atoms with Gasteiger partial charge in [-0.1, -0.05) is 0 Å². The van der Waals surface area contributed by atoms with Gasteiger partial charge in [-0.25, -0.2) is 4.98 Å². The summed E-state index contributed by atoms with van der Waals surface area (Å²) in [6, 6.07) is 4.64. The van der Waals surface area contributed by atoms with E-state index >= 15 is 0 Å². The molecule has 2 aliphatic rings. The molecule has 2 saturated heterocycles. The average molecular weight is 233 g/mol. The van der Waals surface area contributed by atoms with E-state index < -0.39 is 0 Å². The Balaban J connectivity index is 1.90. The van der Waals surface area contributed by atoms with Gasteiger partial charge < -0.3 is 15.0 Å². The van der Waals surface area contributed by atoms with Gasteiger partial charge in [0.05, 0.1) is 7.11 Å². The van der Waals surface area contributed by atoms with E-state index in [1.54, 1.807) is 7.11 Å². The van der Waals surface area contributed by atoms with Crippen molar-refractivity contribution in [2.24, 2.45) is 5.92 Å². The van der Waals surface area contributed by atoms with Crippen LogP contribution in [-0.4, -0.2) is 37.8 Å². The predicted octanol–water partition coefficient (Wildman–Crippen LogP) is 1.20. The number of rotatable bonds is 2. The second kappa shape index (κ2) is 4.18. The van der Waals surface area contributed by atoms with Crippen molar-refractivity contribution < 1.29 is 4.74 Å². The van der Waals surface area contributed by atoms with Crippen molar-refractivity contribution in [3.63, 3.8) is 0 Å². The van der Waals surface area contributed by atoms with E-state index in [0.29, 0.717) is 6.04 Å². The summed E-state index contributed by atoms with van der Waals surface area (Å²) in [4.78, 5) is 7.07. The number of hydrogen-bond acceptors (Lipinski definition) is 4. The highest BCUT2D eigenvalue weighted by Crippen LogP contribution is 2.32. The van der Waals surface area contributed by atoms with Crippen LogP contribution >= 0.6 is 0 Å². The molecule has 0 aromatic carbocycles. The maximum absolute atomic E-state index is 5.32. The summed E-state index contributed by atoms with van der Waals surface area (Å²) >= 11 is 0. The Labute approximate surface area is 102 Å². The van der Waals surface area contributed by atoms with Gasteiger partial charge in [-0.2, -0.15) is 0 Å². The summed E-state index contributed by atoms with van der Waals surface area (Å²) in [5.41, 5.74) is 1.02. The minimum atomic E-state index is 0.619. The molecular formula is C13H19N3O. The van der Waals surface area contributed by atoms with E-state index in [0.717, 1.165) is 42.8 Å². The van der Waals surface area contributed by atoms with E-state index in [2.05, 4.69) is 15.2 Å². The molecule has 0 radical (unpaired) electrons. The van der Waals surface area contributed by atoms with Crippen LogP contribution in [0.25, 0.3) is 0 Å². The molecule has 4 heteroatoms. The van der Waals surface area contributed by atoms with Gasteiger partial charge in [-0.15, -0.1) is 0 Å². The van der Waals surface area contributed by atoms with Crippen molar-refractivity contribution in [2.75, 3.05) is 31.6 Å². The van der Waals surface area contributed by atoms with Crippen molar-refractivity contribution >= 4 is 5.82 Å². The minimum absolute atomic E-state index is 0.619. The molecule has 2 unspecified atom stereocenters. The molecule has 2 atom stereocenters. The number of fused-ring (bicyclic) bond motifs is 1. The highest BCUT2D eigenvalue weighted by Gasteiger charge is 2.38. The number of hydrogen-bond donors (Lipinski definition) is 1. The van der Waals surface area contributed by atoms with Crippen molar-refractivity contribution in [2.45, 2.75) is 19.4 Å². The van der Waals surface area contributed by atoms with Gasteiger partial charge in [0.25, 0.3) is 0 Å². The monoisotopic (exact) mass is 233 g/mol. The largest absolute Gasteiger partial charge is 0.497 e. The molecule has 3 heterocycles. The molecule has 1 aromatic heterocycles. The number of anilines is 1. The summed E-state index contributed by atoms with van der Waals surface area (Å²) in [7, 11) is 1.71. The maximum Gasteiger partial charge on any atom is 0.132 e. The number of aromatic nitrogens is 1. The van der Waals surface area contributed by atoms with Crippen molar-refractivity contribution in [1.29, 1.82) is 0 Å². The molecule has 0 saturated carbocycles. The molecule has 3 rings (SSSR count). The van der Waals surface area contributed by atoms with Gasteiger partial charge in [-0.3, -0.25) is 0 Å². The van der Waals surface area contributed by atoms with Gasteiger partial charge in [0, 0.05) is 43.5 Å². The topological polar surface area (TPSA) is 37.4 Å². The first-order valence-corrected chi connectivity index (χ1v) is 6.28. The van der Waals surface area contributed by atoms with Crippen LogP contribution in [0.5, 0.6) is 5.75 Å². The molecule has 2 aliphatic heterocycles. The Morgan fingerprint density at radius 1 is 1.41 bits per heavy atom. The summed E-state index contributed by atoms with van der Waals surface area (Å²) in [6.07, 6.45) is 1.27. The van der Waals surface area contributed by atoms with E-state index in [1.165, 1.54) is 6.42 Å². The second-order valence-corrected chi connectivity index (χ2v) is 4.97. The maximum atomic E-state index is 5.32. The molecule has 0 amide bonds. The minimum Gasteiger partial charge on any atom is -0.497 e. The number of methoxy groups -OCH3 is 1. The molecule has 0 bridgehead atoms. The van der Waals surface area contributed by atoms with Gasteiger partial charge in [0.15, 0.2) is 0 Å². The third-order valence-electron chi connectivity index (χ3n) is 3.89. The fourth-order valence-corrected chi connectivity index (χ4v) is 3.02. The molecule has 0 aliphatic carbocycles. The van der Waals surface area contributed by atoms with Crippen LogP contribution < -0.4 is 15.0 Å². The first-order chi connectivity index (χ1) is 8.28. The summed E-state index contributed by atoms with van der Waals surface area (Å²) in [5, 5.41) is 3.47. The lowest BCUT2D eigenvalue weighted by molar-refractivity contribution is 0.413. The molecule has 1 aromatic rings. The van der Waals surface area contributed by atoms with Crippen LogP contribution in [0.1, 0.15) is 12.1 Å². The third-order valence-corrected chi connectivity index (χ3v) is 3.89. The summed E-state index contributed by atoms with van der Waals surface area (Å²) in [6.45, 7) is 5.38. The number of ether oxygens (including phenoxy) is 1. The Kier molecular flexibility index (Phi) is 2.67. The number of nitrogens with one attached hydrogen (secondary N) is 1. The summed E-state index contributed by atoms with van der Waals surface area (Å²) in [5.74, 6) is 2.77. The number of aryl methyl sites for hydroxylation is 1. The molecular weight excluding hydrogens is 214 g/mol. The van der Waals surface area contributed by atoms with E-state index in [4.69, 9.17) is 4.74 Å². The smallest absolute Gasteiger partial charge is 0.132 e. The predicted molar refractivity (Wildman–Crippen MR) is 67.6 cm³/mol. The molecule has 92 valence electrons. The average Bonchev–Trinajstić information content (AvgIpc) is 2.89. The van der Waals surface area contributed by atoms with Gasteiger partial charge in [0.2, 0.25) is 0 Å². The van der Waals surface area contributed by atoms with E-state index in [9.17, 15) is 0 Å². The lowest BCUT2D eigenvalue weighted by atomic mass is 10.1. The lowest BCUT2D eigenvalue weighted by Crippen LogP contribution is -2.34.